The maximum atomic E-state index is 6.02. The highest BCUT2D eigenvalue weighted by atomic mass is 35.5. The molecule has 0 bridgehead atoms. The molecule has 0 aliphatic rings. The van der Waals surface area contributed by atoms with Gasteiger partial charge < -0.3 is 5.73 Å². The van der Waals surface area contributed by atoms with Crippen LogP contribution in [-0.2, 0) is 0 Å². The fourth-order valence-electron chi connectivity index (χ4n) is 0.940. The van der Waals surface area contributed by atoms with Gasteiger partial charge in [0.25, 0.3) is 0 Å². The van der Waals surface area contributed by atoms with Gasteiger partial charge in [-0.2, -0.15) is 0 Å². The lowest BCUT2D eigenvalue weighted by Crippen LogP contribution is -2.20. The molecule has 0 aliphatic heterocycles. The second-order valence-corrected chi connectivity index (χ2v) is 3.14. The van der Waals surface area contributed by atoms with Crippen molar-refractivity contribution in [1.82, 2.24) is 0 Å². The average Bonchev–Trinajstić information content (AvgIpc) is 2.05. The summed E-state index contributed by atoms with van der Waals surface area (Å²) in [5.74, 6) is 0. The first-order valence-electron chi connectivity index (χ1n) is 3.66. The number of benzene rings is 1. The van der Waals surface area contributed by atoms with Gasteiger partial charge in [-0.05, 0) is 12.5 Å². The van der Waals surface area contributed by atoms with Crippen molar-refractivity contribution >= 4 is 11.6 Å². The number of nitrogens with two attached hydrogens (primary N) is 1. The van der Waals surface area contributed by atoms with E-state index in [1.807, 2.05) is 37.3 Å². The summed E-state index contributed by atoms with van der Waals surface area (Å²) in [4.78, 5) is 0. The van der Waals surface area contributed by atoms with Crippen molar-refractivity contribution in [1.29, 1.82) is 0 Å². The number of halogens is 1. The van der Waals surface area contributed by atoms with Crippen molar-refractivity contribution in [2.75, 3.05) is 0 Å². The predicted molar refractivity (Wildman–Crippen MR) is 48.7 cm³/mol. The van der Waals surface area contributed by atoms with Crippen molar-refractivity contribution < 1.29 is 0 Å². The molecule has 1 aromatic rings. The molecule has 0 aromatic heterocycles. The van der Waals surface area contributed by atoms with E-state index in [1.165, 1.54) is 0 Å². The van der Waals surface area contributed by atoms with Crippen LogP contribution >= 0.6 is 11.6 Å². The lowest BCUT2D eigenvalue weighted by Gasteiger charge is -2.12. The molecule has 0 saturated carbocycles. The van der Waals surface area contributed by atoms with Crippen LogP contribution in [-0.4, -0.2) is 6.04 Å². The van der Waals surface area contributed by atoms with E-state index in [0.29, 0.717) is 0 Å². The van der Waals surface area contributed by atoms with E-state index in [9.17, 15) is 0 Å². The molecule has 1 aromatic carbocycles. The van der Waals surface area contributed by atoms with Gasteiger partial charge in [-0.25, -0.2) is 0 Å². The Labute approximate surface area is 72.2 Å². The van der Waals surface area contributed by atoms with Crippen LogP contribution in [0, 0.1) is 0 Å². The molecule has 0 fully saturated rings. The van der Waals surface area contributed by atoms with Gasteiger partial charge in [0.1, 0.15) is 0 Å². The molecule has 0 saturated heterocycles. The zero-order valence-corrected chi connectivity index (χ0v) is 7.25. The van der Waals surface area contributed by atoms with Gasteiger partial charge >= 0.3 is 0 Å². The number of hydrogen-bond donors (Lipinski definition) is 1. The monoisotopic (exact) mass is 169 g/mol. The third-order valence-electron chi connectivity index (χ3n) is 1.58. The summed E-state index contributed by atoms with van der Waals surface area (Å²) in [6.07, 6.45) is 0. The van der Waals surface area contributed by atoms with Gasteiger partial charge in [0.05, 0.1) is 5.38 Å². The van der Waals surface area contributed by atoms with Gasteiger partial charge in [0.15, 0.2) is 0 Å². The first-order valence-corrected chi connectivity index (χ1v) is 4.10. The Kier molecular flexibility index (Phi) is 2.92. The summed E-state index contributed by atoms with van der Waals surface area (Å²) >= 11 is 6.02. The molecule has 0 unspecified atom stereocenters. The molecule has 2 atom stereocenters. The molecule has 11 heavy (non-hydrogen) atoms. The van der Waals surface area contributed by atoms with Gasteiger partial charge in [0, 0.05) is 6.04 Å². The van der Waals surface area contributed by atoms with Crippen LogP contribution in [0.2, 0.25) is 0 Å². The third kappa shape index (κ3) is 2.21. The minimum Gasteiger partial charge on any atom is -0.326 e. The van der Waals surface area contributed by atoms with E-state index in [-0.39, 0.29) is 11.4 Å². The number of alkyl halides is 1. The summed E-state index contributed by atoms with van der Waals surface area (Å²) in [5, 5.41) is -0.0730. The molecule has 2 N–H and O–H groups in total. The highest BCUT2D eigenvalue weighted by molar-refractivity contribution is 6.21. The van der Waals surface area contributed by atoms with Crippen molar-refractivity contribution in [3.8, 4) is 0 Å². The third-order valence-corrected chi connectivity index (χ3v) is 2.23. The molecule has 0 radical (unpaired) electrons. The van der Waals surface area contributed by atoms with E-state index in [1.54, 1.807) is 0 Å². The summed E-state index contributed by atoms with van der Waals surface area (Å²) in [7, 11) is 0. The topological polar surface area (TPSA) is 26.0 Å². The summed E-state index contributed by atoms with van der Waals surface area (Å²) in [6, 6.07) is 9.87. The zero-order valence-electron chi connectivity index (χ0n) is 6.50. The molecule has 0 amide bonds. The smallest absolute Gasteiger partial charge is 0.0733 e. The molecule has 0 spiro atoms. The average molecular weight is 170 g/mol. The van der Waals surface area contributed by atoms with Gasteiger partial charge in [-0.3, -0.25) is 0 Å². The highest BCUT2D eigenvalue weighted by Gasteiger charge is 2.10. The van der Waals surface area contributed by atoms with Crippen molar-refractivity contribution in [2.45, 2.75) is 18.3 Å². The maximum absolute atomic E-state index is 6.02. The van der Waals surface area contributed by atoms with E-state index in [4.69, 9.17) is 17.3 Å². The van der Waals surface area contributed by atoms with Crippen molar-refractivity contribution in [3.63, 3.8) is 0 Å². The molecule has 0 heterocycles. The molecule has 1 nitrogen and oxygen atoms in total. The summed E-state index contributed by atoms with van der Waals surface area (Å²) < 4.78 is 0. The first kappa shape index (κ1) is 8.57. The largest absolute Gasteiger partial charge is 0.326 e. The lowest BCUT2D eigenvalue weighted by atomic mass is 10.1. The van der Waals surface area contributed by atoms with Crippen LogP contribution in [0.1, 0.15) is 17.9 Å². The Morgan fingerprint density at radius 2 is 1.82 bits per heavy atom. The Bertz CT molecular complexity index is 208. The molecule has 2 heteroatoms. The normalized spacial score (nSPS) is 15.9. The van der Waals surface area contributed by atoms with Gasteiger partial charge in [-0.1, -0.05) is 30.3 Å². The van der Waals surface area contributed by atoms with E-state index in [0.717, 1.165) is 5.56 Å². The first-order chi connectivity index (χ1) is 5.22. The van der Waals surface area contributed by atoms with Crippen molar-refractivity contribution in [2.24, 2.45) is 5.73 Å². The van der Waals surface area contributed by atoms with E-state index < -0.39 is 0 Å². The second kappa shape index (κ2) is 3.74. The number of hydrogen-bond acceptors (Lipinski definition) is 1. The van der Waals surface area contributed by atoms with Gasteiger partial charge in [0.2, 0.25) is 0 Å². The summed E-state index contributed by atoms with van der Waals surface area (Å²) in [6.45, 7) is 1.91. The highest BCUT2D eigenvalue weighted by Crippen LogP contribution is 2.21. The Balaban J connectivity index is 2.77. The van der Waals surface area contributed by atoms with Gasteiger partial charge in [-0.15, -0.1) is 11.6 Å². The van der Waals surface area contributed by atoms with Crippen LogP contribution in [0.25, 0.3) is 0 Å². The minimum atomic E-state index is -0.0730. The van der Waals surface area contributed by atoms with Crippen LogP contribution < -0.4 is 5.73 Å². The second-order valence-electron chi connectivity index (χ2n) is 2.67. The SMILES string of the molecule is C[C@H](N)[C@@H](Cl)c1ccccc1. The molecule has 1 rings (SSSR count). The standard InChI is InChI=1S/C9H12ClN/c1-7(11)9(10)8-5-3-2-4-6-8/h2-7,9H,11H2,1H3/t7-,9+/m0/s1. The fourth-order valence-corrected chi connectivity index (χ4v) is 1.09. The Morgan fingerprint density at radius 1 is 1.27 bits per heavy atom. The molecule has 60 valence electrons. The van der Waals surface area contributed by atoms with Crippen LogP contribution in [0.3, 0.4) is 0 Å². The van der Waals surface area contributed by atoms with Crippen molar-refractivity contribution in [3.05, 3.63) is 35.9 Å². The minimum absolute atomic E-state index is 0.000864. The lowest BCUT2D eigenvalue weighted by molar-refractivity contribution is 0.713. The van der Waals surface area contributed by atoms with Crippen LogP contribution in [0.15, 0.2) is 30.3 Å². The molecular formula is C9H12ClN. The molecule has 0 aliphatic carbocycles. The van der Waals surface area contributed by atoms with Crippen LogP contribution in [0.4, 0.5) is 0 Å². The maximum Gasteiger partial charge on any atom is 0.0733 e. The zero-order chi connectivity index (χ0) is 8.27. The van der Waals surface area contributed by atoms with Crippen LogP contribution in [0.5, 0.6) is 0 Å². The Hall–Kier alpha value is -0.530. The van der Waals surface area contributed by atoms with E-state index in [2.05, 4.69) is 0 Å². The molecular weight excluding hydrogens is 158 g/mol. The van der Waals surface area contributed by atoms with E-state index >= 15 is 0 Å². The Morgan fingerprint density at radius 3 is 2.27 bits per heavy atom. The predicted octanol–water partition coefficient (Wildman–Crippen LogP) is 2.31. The summed E-state index contributed by atoms with van der Waals surface area (Å²) in [5.41, 5.74) is 6.72. The number of rotatable bonds is 2. The quantitative estimate of drug-likeness (QED) is 0.676. The fraction of sp³-hybridized carbons (Fsp3) is 0.333.